The number of anilines is 1. The summed E-state index contributed by atoms with van der Waals surface area (Å²) < 4.78 is 4.95. The number of aromatic amines is 1. The van der Waals surface area contributed by atoms with Crippen molar-refractivity contribution in [1.82, 2.24) is 9.97 Å². The third kappa shape index (κ3) is 3.58. The summed E-state index contributed by atoms with van der Waals surface area (Å²) in [5.41, 5.74) is 1.28. The zero-order valence-corrected chi connectivity index (χ0v) is 16.4. The number of halogens is 1. The maximum absolute atomic E-state index is 12.7. The zero-order chi connectivity index (χ0) is 19.7. The number of carbonyl (C=O) groups excluding carboxylic acids is 2. The van der Waals surface area contributed by atoms with Crippen molar-refractivity contribution in [1.29, 1.82) is 0 Å². The second-order valence-corrected chi connectivity index (χ2v) is 7.14. The van der Waals surface area contributed by atoms with E-state index in [2.05, 4.69) is 15.3 Å². The Morgan fingerprint density at radius 2 is 2.07 bits per heavy atom. The monoisotopic (exact) mass is 405 g/mol. The van der Waals surface area contributed by atoms with E-state index in [1.807, 2.05) is 0 Å². The minimum Gasteiger partial charge on any atom is -0.462 e. The van der Waals surface area contributed by atoms with Crippen molar-refractivity contribution < 1.29 is 14.3 Å². The number of H-pyrrole nitrogens is 1. The van der Waals surface area contributed by atoms with Crippen LogP contribution in [0.2, 0.25) is 5.02 Å². The Kier molecular flexibility index (Phi) is 5.29. The second kappa shape index (κ2) is 7.50. The van der Waals surface area contributed by atoms with Gasteiger partial charge in [0.2, 0.25) is 5.43 Å². The Morgan fingerprint density at radius 3 is 2.78 bits per heavy atom. The molecule has 3 rings (SSSR count). The predicted octanol–water partition coefficient (Wildman–Crippen LogP) is 3.68. The highest BCUT2D eigenvalue weighted by molar-refractivity contribution is 7.17. The molecule has 7 nitrogen and oxygen atoms in total. The average molecular weight is 406 g/mol. The lowest BCUT2D eigenvalue weighted by Crippen LogP contribution is -2.22. The van der Waals surface area contributed by atoms with Crippen LogP contribution in [-0.2, 0) is 4.74 Å². The van der Waals surface area contributed by atoms with E-state index < -0.39 is 17.3 Å². The largest absolute Gasteiger partial charge is 0.462 e. The van der Waals surface area contributed by atoms with Crippen LogP contribution >= 0.6 is 22.9 Å². The molecule has 0 radical (unpaired) electrons. The number of hydrogen-bond donors (Lipinski definition) is 2. The molecule has 0 aliphatic rings. The van der Waals surface area contributed by atoms with Gasteiger partial charge in [0.25, 0.3) is 5.91 Å². The summed E-state index contributed by atoms with van der Waals surface area (Å²) >= 11 is 7.07. The van der Waals surface area contributed by atoms with Gasteiger partial charge in [-0.05, 0) is 38.5 Å². The molecule has 0 saturated carbocycles. The van der Waals surface area contributed by atoms with Crippen molar-refractivity contribution in [3.8, 4) is 0 Å². The van der Waals surface area contributed by atoms with Crippen LogP contribution in [-0.4, -0.2) is 28.5 Å². The maximum Gasteiger partial charge on any atom is 0.350 e. The predicted molar refractivity (Wildman–Crippen MR) is 105 cm³/mol. The molecule has 0 saturated heterocycles. The molecule has 1 amide bonds. The van der Waals surface area contributed by atoms with E-state index in [1.165, 1.54) is 6.20 Å². The fourth-order valence-corrected chi connectivity index (χ4v) is 3.60. The molecular weight excluding hydrogens is 390 g/mol. The lowest BCUT2D eigenvalue weighted by atomic mass is 10.1. The molecule has 0 aliphatic carbocycles. The van der Waals surface area contributed by atoms with E-state index in [-0.39, 0.29) is 17.3 Å². The van der Waals surface area contributed by atoms with Crippen LogP contribution in [0.5, 0.6) is 0 Å². The van der Waals surface area contributed by atoms with E-state index in [0.717, 1.165) is 16.9 Å². The van der Waals surface area contributed by atoms with Gasteiger partial charge in [0.15, 0.2) is 5.13 Å². The van der Waals surface area contributed by atoms with Crippen LogP contribution in [0, 0.1) is 13.8 Å². The molecule has 27 heavy (non-hydrogen) atoms. The Hall–Kier alpha value is -2.71. The quantitative estimate of drug-likeness (QED) is 0.644. The Labute approximate surface area is 163 Å². The molecule has 2 aromatic heterocycles. The molecule has 0 unspecified atom stereocenters. The van der Waals surface area contributed by atoms with Gasteiger partial charge in [0.05, 0.1) is 17.8 Å². The topological polar surface area (TPSA) is 101 Å². The van der Waals surface area contributed by atoms with E-state index in [1.54, 1.807) is 32.9 Å². The number of carbonyl (C=O) groups is 2. The Morgan fingerprint density at radius 1 is 1.33 bits per heavy atom. The number of aromatic nitrogens is 2. The minimum absolute atomic E-state index is 0.0604. The SMILES string of the molecule is CCOC(=O)c1sc(NC(=O)c2c[nH]c3c(C)c(Cl)ccc3c2=O)nc1C. The van der Waals surface area contributed by atoms with Crippen LogP contribution in [0.4, 0.5) is 5.13 Å². The van der Waals surface area contributed by atoms with Gasteiger partial charge in [-0.3, -0.25) is 14.9 Å². The van der Waals surface area contributed by atoms with Gasteiger partial charge >= 0.3 is 5.97 Å². The van der Waals surface area contributed by atoms with Crippen molar-refractivity contribution in [2.24, 2.45) is 0 Å². The number of thiazole rings is 1. The lowest BCUT2D eigenvalue weighted by molar-refractivity contribution is 0.0531. The Balaban J connectivity index is 1.92. The van der Waals surface area contributed by atoms with Crippen molar-refractivity contribution in [3.05, 3.63) is 55.3 Å². The minimum atomic E-state index is -0.616. The van der Waals surface area contributed by atoms with E-state index in [9.17, 15) is 14.4 Å². The van der Waals surface area contributed by atoms with Gasteiger partial charge in [0, 0.05) is 16.6 Å². The van der Waals surface area contributed by atoms with Gasteiger partial charge in [0.1, 0.15) is 10.4 Å². The summed E-state index contributed by atoms with van der Waals surface area (Å²) in [5.74, 6) is -1.11. The van der Waals surface area contributed by atoms with Crippen LogP contribution in [0.25, 0.3) is 10.9 Å². The summed E-state index contributed by atoms with van der Waals surface area (Å²) in [7, 11) is 0. The summed E-state index contributed by atoms with van der Waals surface area (Å²) in [6, 6.07) is 3.19. The van der Waals surface area contributed by atoms with Gasteiger partial charge < -0.3 is 9.72 Å². The van der Waals surface area contributed by atoms with E-state index in [0.29, 0.717) is 26.5 Å². The highest BCUT2D eigenvalue weighted by atomic mass is 35.5. The first-order chi connectivity index (χ1) is 12.8. The molecule has 0 fully saturated rings. The molecule has 2 heterocycles. The smallest absolute Gasteiger partial charge is 0.350 e. The average Bonchev–Trinajstić information content (AvgIpc) is 2.99. The first-order valence-electron chi connectivity index (χ1n) is 8.09. The first-order valence-corrected chi connectivity index (χ1v) is 9.29. The van der Waals surface area contributed by atoms with E-state index in [4.69, 9.17) is 16.3 Å². The number of benzene rings is 1. The molecule has 0 atom stereocenters. The molecule has 9 heteroatoms. The van der Waals surface area contributed by atoms with Crippen LogP contribution < -0.4 is 10.7 Å². The van der Waals surface area contributed by atoms with Crippen molar-refractivity contribution in [2.45, 2.75) is 20.8 Å². The number of esters is 1. The first kappa shape index (κ1) is 19.1. The molecule has 1 aromatic carbocycles. The number of fused-ring (bicyclic) bond motifs is 1. The maximum atomic E-state index is 12.7. The van der Waals surface area contributed by atoms with Crippen molar-refractivity contribution in [2.75, 3.05) is 11.9 Å². The molecule has 2 N–H and O–H groups in total. The molecule has 0 aliphatic heterocycles. The number of nitrogens with zero attached hydrogens (tertiary/aromatic N) is 1. The number of hydrogen-bond acceptors (Lipinski definition) is 6. The van der Waals surface area contributed by atoms with Crippen LogP contribution in [0.3, 0.4) is 0 Å². The van der Waals surface area contributed by atoms with Crippen LogP contribution in [0.15, 0.2) is 23.1 Å². The van der Waals surface area contributed by atoms with E-state index >= 15 is 0 Å². The lowest BCUT2D eigenvalue weighted by Gasteiger charge is -2.06. The summed E-state index contributed by atoms with van der Waals surface area (Å²) in [6.07, 6.45) is 1.34. The van der Waals surface area contributed by atoms with Crippen molar-refractivity contribution >= 4 is 50.8 Å². The third-order valence-electron chi connectivity index (χ3n) is 3.97. The summed E-state index contributed by atoms with van der Waals surface area (Å²) in [4.78, 5) is 44.5. The van der Waals surface area contributed by atoms with Gasteiger partial charge in [-0.2, -0.15) is 0 Å². The highest BCUT2D eigenvalue weighted by Crippen LogP contribution is 2.25. The number of aryl methyl sites for hydroxylation is 2. The molecular formula is C18H16ClN3O4S. The second-order valence-electron chi connectivity index (χ2n) is 5.73. The standard InChI is InChI=1S/C18H16ClN3O4S/c1-4-26-17(25)15-9(3)21-18(27-15)22-16(24)11-7-20-13-8(2)12(19)6-5-10(13)14(11)23/h5-7H,4H2,1-3H3,(H,20,23)(H,21,22,24). The number of nitrogens with one attached hydrogen (secondary N) is 2. The Bertz CT molecular complexity index is 1120. The third-order valence-corrected chi connectivity index (χ3v) is 5.43. The fourth-order valence-electron chi connectivity index (χ4n) is 2.59. The summed E-state index contributed by atoms with van der Waals surface area (Å²) in [5, 5.41) is 3.67. The van der Waals surface area contributed by atoms with Crippen molar-refractivity contribution in [3.63, 3.8) is 0 Å². The number of ether oxygens (including phenoxy) is 1. The summed E-state index contributed by atoms with van der Waals surface area (Å²) in [6.45, 7) is 5.38. The zero-order valence-electron chi connectivity index (χ0n) is 14.8. The molecule has 3 aromatic rings. The van der Waals surface area contributed by atoms with Gasteiger partial charge in [-0.25, -0.2) is 9.78 Å². The fraction of sp³-hybridized carbons (Fsp3) is 0.222. The van der Waals surface area contributed by atoms with Gasteiger partial charge in [-0.1, -0.05) is 22.9 Å². The van der Waals surface area contributed by atoms with Gasteiger partial charge in [-0.15, -0.1) is 0 Å². The number of rotatable bonds is 4. The number of pyridine rings is 1. The number of amides is 1. The van der Waals surface area contributed by atoms with Crippen LogP contribution in [0.1, 0.15) is 38.2 Å². The molecule has 140 valence electrons. The molecule has 0 spiro atoms. The highest BCUT2D eigenvalue weighted by Gasteiger charge is 2.20. The molecule has 0 bridgehead atoms. The normalized spacial score (nSPS) is 10.8.